The van der Waals surface area contributed by atoms with E-state index in [4.69, 9.17) is 4.98 Å². The van der Waals surface area contributed by atoms with Crippen molar-refractivity contribution >= 4 is 39.4 Å². The summed E-state index contributed by atoms with van der Waals surface area (Å²) in [6.45, 7) is 10.3. The van der Waals surface area contributed by atoms with E-state index < -0.39 is 0 Å². The monoisotopic (exact) mass is 410 g/mol. The number of hydrogen-bond donors (Lipinski definition) is 1. The molecule has 0 saturated carbocycles. The lowest BCUT2D eigenvalue weighted by Gasteiger charge is -2.32. The van der Waals surface area contributed by atoms with E-state index in [1.165, 1.54) is 11.3 Å². The maximum atomic E-state index is 12.7. The third kappa shape index (κ3) is 4.03. The molecule has 3 heterocycles. The Labute approximate surface area is 174 Å². The van der Waals surface area contributed by atoms with Gasteiger partial charge in [-0.3, -0.25) is 4.79 Å². The largest absolute Gasteiger partial charge is 0.342 e. The lowest BCUT2D eigenvalue weighted by molar-refractivity contribution is -0.120. The predicted octanol–water partition coefficient (Wildman–Crippen LogP) is 4.05. The molecule has 29 heavy (non-hydrogen) atoms. The van der Waals surface area contributed by atoms with Gasteiger partial charge in [-0.15, -0.1) is 16.8 Å². The van der Waals surface area contributed by atoms with E-state index in [0.29, 0.717) is 17.6 Å². The maximum Gasteiger partial charge on any atom is 0.229 e. The van der Waals surface area contributed by atoms with Crippen molar-refractivity contribution in [1.29, 1.82) is 0 Å². The van der Waals surface area contributed by atoms with E-state index in [1.54, 1.807) is 0 Å². The maximum absolute atomic E-state index is 12.7. The summed E-state index contributed by atoms with van der Waals surface area (Å²) in [5, 5.41) is 12.7. The molecule has 0 aliphatic carbocycles. The van der Waals surface area contributed by atoms with Crippen molar-refractivity contribution in [2.45, 2.75) is 39.2 Å². The summed E-state index contributed by atoms with van der Waals surface area (Å²) in [7, 11) is 0. The van der Waals surface area contributed by atoms with Gasteiger partial charge in [-0.2, -0.15) is 0 Å². The summed E-state index contributed by atoms with van der Waals surface area (Å²) in [6.07, 6.45) is 3.48. The van der Waals surface area contributed by atoms with Gasteiger partial charge in [0.1, 0.15) is 5.01 Å². The number of allylic oxidation sites excluding steroid dienone is 1. The molecule has 0 unspecified atom stereocenters. The Kier molecular flexibility index (Phi) is 5.62. The molecule has 3 aromatic rings. The number of nitrogens with one attached hydrogen (secondary N) is 1. The van der Waals surface area contributed by atoms with Crippen LogP contribution in [0.3, 0.4) is 0 Å². The predicted molar refractivity (Wildman–Crippen MR) is 117 cm³/mol. The zero-order valence-corrected chi connectivity index (χ0v) is 17.7. The van der Waals surface area contributed by atoms with Crippen molar-refractivity contribution in [3.8, 4) is 0 Å². The Bertz CT molecular complexity index is 1020. The van der Waals surface area contributed by atoms with Gasteiger partial charge < -0.3 is 14.8 Å². The van der Waals surface area contributed by atoms with E-state index in [1.807, 2.05) is 24.3 Å². The molecule has 4 rings (SSSR count). The molecular formula is C21H26N6OS. The Morgan fingerprint density at radius 1 is 1.31 bits per heavy atom. The highest BCUT2D eigenvalue weighted by atomic mass is 32.1. The number of hydrogen-bond acceptors (Lipinski definition) is 6. The van der Waals surface area contributed by atoms with Gasteiger partial charge in [-0.25, -0.2) is 4.98 Å². The van der Waals surface area contributed by atoms with Crippen molar-refractivity contribution < 1.29 is 4.79 Å². The van der Waals surface area contributed by atoms with E-state index >= 15 is 0 Å². The average molecular weight is 411 g/mol. The minimum absolute atomic E-state index is 0.0186. The van der Waals surface area contributed by atoms with E-state index in [-0.39, 0.29) is 11.8 Å². The summed E-state index contributed by atoms with van der Waals surface area (Å²) >= 11 is 1.45. The molecule has 0 bridgehead atoms. The molecule has 1 saturated heterocycles. The number of carbonyl (C=O) groups excluding carboxylic acids is 1. The molecule has 1 amide bonds. The number of nitrogens with zero attached hydrogens (tertiary/aromatic N) is 5. The van der Waals surface area contributed by atoms with Crippen LogP contribution in [-0.2, 0) is 11.3 Å². The number of imidazole rings is 1. The van der Waals surface area contributed by atoms with Crippen molar-refractivity contribution in [2.75, 3.05) is 23.3 Å². The Morgan fingerprint density at radius 2 is 2.07 bits per heavy atom. The summed E-state index contributed by atoms with van der Waals surface area (Å²) < 4.78 is 2.19. The van der Waals surface area contributed by atoms with Gasteiger partial charge >= 0.3 is 0 Å². The second-order valence-corrected chi connectivity index (χ2v) is 8.66. The van der Waals surface area contributed by atoms with Crippen molar-refractivity contribution in [1.82, 2.24) is 19.7 Å². The third-order valence-electron chi connectivity index (χ3n) is 5.26. The molecule has 0 radical (unpaired) electrons. The number of fused-ring (bicyclic) bond motifs is 1. The van der Waals surface area contributed by atoms with Crippen LogP contribution in [0.25, 0.3) is 11.0 Å². The molecule has 1 aliphatic rings. The van der Waals surface area contributed by atoms with Crippen molar-refractivity contribution in [2.24, 2.45) is 5.92 Å². The minimum Gasteiger partial charge on any atom is -0.342 e. The lowest BCUT2D eigenvalue weighted by Crippen LogP contribution is -2.39. The highest BCUT2D eigenvalue weighted by Gasteiger charge is 2.28. The molecule has 8 heteroatoms. The van der Waals surface area contributed by atoms with Crippen LogP contribution in [0.2, 0.25) is 0 Å². The molecule has 0 atom stereocenters. The zero-order valence-electron chi connectivity index (χ0n) is 16.8. The van der Waals surface area contributed by atoms with Gasteiger partial charge in [-0.1, -0.05) is 43.4 Å². The molecule has 1 aliphatic heterocycles. The van der Waals surface area contributed by atoms with Gasteiger partial charge in [0.25, 0.3) is 0 Å². The third-order valence-corrected chi connectivity index (χ3v) is 6.40. The number of aromatic nitrogens is 4. The average Bonchev–Trinajstić information content (AvgIpc) is 3.34. The molecule has 1 N–H and O–H groups in total. The smallest absolute Gasteiger partial charge is 0.229 e. The van der Waals surface area contributed by atoms with Crippen molar-refractivity contribution in [3.05, 3.63) is 41.9 Å². The second-order valence-electron chi connectivity index (χ2n) is 7.65. The first-order valence-electron chi connectivity index (χ1n) is 10.0. The molecular weight excluding hydrogens is 384 g/mol. The SMILES string of the molecule is C=CCn1c(N2CCC(C(=O)Nc3nnc(C(C)C)s3)CC2)nc2ccccc21. The first-order chi connectivity index (χ1) is 14.1. The van der Waals surface area contributed by atoms with Crippen LogP contribution in [0, 0.1) is 5.92 Å². The lowest BCUT2D eigenvalue weighted by atomic mass is 9.96. The molecule has 2 aromatic heterocycles. The highest BCUT2D eigenvalue weighted by Crippen LogP contribution is 2.28. The fourth-order valence-corrected chi connectivity index (χ4v) is 4.43. The van der Waals surface area contributed by atoms with E-state index in [0.717, 1.165) is 47.9 Å². The van der Waals surface area contributed by atoms with Crippen LogP contribution in [0.15, 0.2) is 36.9 Å². The number of anilines is 2. The number of piperidine rings is 1. The topological polar surface area (TPSA) is 75.9 Å². The van der Waals surface area contributed by atoms with Gasteiger partial charge in [0.15, 0.2) is 0 Å². The summed E-state index contributed by atoms with van der Waals surface area (Å²) in [5.74, 6) is 1.29. The number of amides is 1. The zero-order chi connectivity index (χ0) is 20.4. The molecule has 1 fully saturated rings. The summed E-state index contributed by atoms with van der Waals surface area (Å²) in [6, 6.07) is 8.16. The molecule has 0 spiro atoms. The van der Waals surface area contributed by atoms with Crippen LogP contribution in [-0.4, -0.2) is 38.7 Å². The Hall–Kier alpha value is -2.74. The van der Waals surface area contributed by atoms with Crippen LogP contribution in [0.5, 0.6) is 0 Å². The van der Waals surface area contributed by atoms with Gasteiger partial charge in [0.2, 0.25) is 17.0 Å². The van der Waals surface area contributed by atoms with E-state index in [2.05, 4.69) is 51.5 Å². The Morgan fingerprint density at radius 3 is 2.76 bits per heavy atom. The highest BCUT2D eigenvalue weighted by molar-refractivity contribution is 7.15. The van der Waals surface area contributed by atoms with Gasteiger partial charge in [-0.05, 0) is 25.0 Å². The van der Waals surface area contributed by atoms with E-state index in [9.17, 15) is 4.79 Å². The van der Waals surface area contributed by atoms with Crippen LogP contribution >= 0.6 is 11.3 Å². The fourth-order valence-electron chi connectivity index (χ4n) is 3.68. The van der Waals surface area contributed by atoms with Crippen LogP contribution in [0.4, 0.5) is 11.1 Å². The first-order valence-corrected chi connectivity index (χ1v) is 10.8. The van der Waals surface area contributed by atoms with Gasteiger partial charge in [0, 0.05) is 31.5 Å². The summed E-state index contributed by atoms with van der Waals surface area (Å²) in [4.78, 5) is 19.8. The van der Waals surface area contributed by atoms with Crippen molar-refractivity contribution in [3.63, 3.8) is 0 Å². The number of benzene rings is 1. The molecule has 7 nitrogen and oxygen atoms in total. The quantitative estimate of drug-likeness (QED) is 0.621. The van der Waals surface area contributed by atoms with Crippen LogP contribution in [0.1, 0.15) is 37.6 Å². The minimum atomic E-state index is -0.0186. The second kappa shape index (κ2) is 8.32. The number of para-hydroxylation sites is 2. The summed E-state index contributed by atoms with van der Waals surface area (Å²) in [5.41, 5.74) is 2.10. The number of carbonyl (C=O) groups is 1. The fraction of sp³-hybridized carbons (Fsp3) is 0.429. The molecule has 152 valence electrons. The number of rotatable bonds is 6. The van der Waals surface area contributed by atoms with Crippen LogP contribution < -0.4 is 10.2 Å². The first kappa shape index (κ1) is 19.6. The Balaban J connectivity index is 1.42. The standard InChI is InChI=1S/C21H26N6OS/c1-4-11-27-17-8-6-5-7-16(17)22-21(27)26-12-9-15(10-13-26)18(28)23-20-25-24-19(29-20)14(2)3/h4-8,14-15H,1,9-13H2,2-3H3,(H,23,25,28). The molecule has 1 aromatic carbocycles. The van der Waals surface area contributed by atoms with Gasteiger partial charge in [0.05, 0.1) is 11.0 Å². The normalized spacial score (nSPS) is 15.2.